The normalized spacial score (nSPS) is 31.6. The van der Waals surface area contributed by atoms with Gasteiger partial charge in [0.2, 0.25) is 5.91 Å². The topological polar surface area (TPSA) is 41.1 Å². The second kappa shape index (κ2) is 6.25. The Morgan fingerprint density at radius 2 is 1.79 bits per heavy atom. The van der Waals surface area contributed by atoms with Gasteiger partial charge in [-0.25, -0.2) is 0 Å². The molecule has 3 heteroatoms. The number of carbonyl (C=O) groups is 1. The SMILES string of the molecule is CNC(=O)C(C)(C)CNC1CCC2CCCCC2C1. The molecular weight excluding hydrogens is 236 g/mol. The average molecular weight is 266 g/mol. The largest absolute Gasteiger partial charge is 0.359 e. The summed E-state index contributed by atoms with van der Waals surface area (Å²) in [6.07, 6.45) is 9.78. The van der Waals surface area contributed by atoms with Gasteiger partial charge in [-0.2, -0.15) is 0 Å². The Morgan fingerprint density at radius 3 is 2.47 bits per heavy atom. The van der Waals surface area contributed by atoms with E-state index < -0.39 is 0 Å². The van der Waals surface area contributed by atoms with E-state index in [2.05, 4.69) is 10.6 Å². The number of hydrogen-bond acceptors (Lipinski definition) is 2. The van der Waals surface area contributed by atoms with Crippen LogP contribution in [0.2, 0.25) is 0 Å². The number of amides is 1. The van der Waals surface area contributed by atoms with Crippen molar-refractivity contribution in [3.05, 3.63) is 0 Å². The van der Waals surface area contributed by atoms with Crippen molar-refractivity contribution in [1.82, 2.24) is 10.6 Å². The summed E-state index contributed by atoms with van der Waals surface area (Å²) in [6, 6.07) is 0.628. The maximum Gasteiger partial charge on any atom is 0.226 e. The van der Waals surface area contributed by atoms with Crippen LogP contribution >= 0.6 is 0 Å². The molecule has 0 aromatic heterocycles. The molecule has 0 aromatic rings. The summed E-state index contributed by atoms with van der Waals surface area (Å²) >= 11 is 0. The average Bonchev–Trinajstić information content (AvgIpc) is 2.44. The van der Waals surface area contributed by atoms with E-state index in [1.807, 2.05) is 13.8 Å². The molecule has 2 fully saturated rings. The van der Waals surface area contributed by atoms with Gasteiger partial charge in [0, 0.05) is 19.6 Å². The molecule has 0 saturated heterocycles. The lowest BCUT2D eigenvalue weighted by Crippen LogP contribution is -2.47. The van der Waals surface area contributed by atoms with E-state index in [-0.39, 0.29) is 11.3 Å². The van der Waals surface area contributed by atoms with E-state index in [0.29, 0.717) is 6.04 Å². The van der Waals surface area contributed by atoms with Crippen LogP contribution in [-0.2, 0) is 4.79 Å². The molecule has 2 rings (SSSR count). The molecule has 2 N–H and O–H groups in total. The van der Waals surface area contributed by atoms with Gasteiger partial charge in [-0.3, -0.25) is 4.79 Å². The van der Waals surface area contributed by atoms with Crippen molar-refractivity contribution < 1.29 is 4.79 Å². The first-order chi connectivity index (χ1) is 9.03. The van der Waals surface area contributed by atoms with E-state index >= 15 is 0 Å². The lowest BCUT2D eigenvalue weighted by molar-refractivity contribution is -0.128. The van der Waals surface area contributed by atoms with Crippen molar-refractivity contribution in [2.45, 2.75) is 64.8 Å². The van der Waals surface area contributed by atoms with Crippen molar-refractivity contribution in [2.75, 3.05) is 13.6 Å². The molecule has 3 nitrogen and oxygen atoms in total. The first-order valence-corrected chi connectivity index (χ1v) is 7.98. The molecule has 2 saturated carbocycles. The molecule has 0 spiro atoms. The molecule has 0 bridgehead atoms. The number of rotatable bonds is 4. The highest BCUT2D eigenvalue weighted by molar-refractivity contribution is 5.81. The first-order valence-electron chi connectivity index (χ1n) is 7.98. The van der Waals surface area contributed by atoms with Crippen molar-refractivity contribution in [3.63, 3.8) is 0 Å². The Hall–Kier alpha value is -0.570. The highest BCUT2D eigenvalue weighted by Crippen LogP contribution is 2.40. The highest BCUT2D eigenvalue weighted by atomic mass is 16.2. The Balaban J connectivity index is 1.79. The third-order valence-corrected chi connectivity index (χ3v) is 5.21. The molecule has 2 aliphatic carbocycles. The fraction of sp³-hybridized carbons (Fsp3) is 0.938. The van der Waals surface area contributed by atoms with Crippen LogP contribution in [0.25, 0.3) is 0 Å². The minimum Gasteiger partial charge on any atom is -0.359 e. The number of carbonyl (C=O) groups excluding carboxylic acids is 1. The minimum absolute atomic E-state index is 0.131. The Morgan fingerprint density at radius 1 is 1.11 bits per heavy atom. The van der Waals surface area contributed by atoms with E-state index in [1.54, 1.807) is 7.05 Å². The zero-order valence-corrected chi connectivity index (χ0v) is 12.8. The maximum atomic E-state index is 11.8. The summed E-state index contributed by atoms with van der Waals surface area (Å²) < 4.78 is 0. The monoisotopic (exact) mass is 266 g/mol. The second-order valence-electron chi connectivity index (χ2n) is 7.16. The quantitative estimate of drug-likeness (QED) is 0.821. The van der Waals surface area contributed by atoms with Crippen molar-refractivity contribution >= 4 is 5.91 Å². The highest BCUT2D eigenvalue weighted by Gasteiger charge is 2.33. The van der Waals surface area contributed by atoms with Gasteiger partial charge in [-0.05, 0) is 44.9 Å². The van der Waals surface area contributed by atoms with Crippen LogP contribution in [0.1, 0.15) is 58.8 Å². The van der Waals surface area contributed by atoms with Gasteiger partial charge in [-0.15, -0.1) is 0 Å². The lowest BCUT2D eigenvalue weighted by atomic mass is 9.69. The molecule has 3 unspecified atom stereocenters. The lowest BCUT2D eigenvalue weighted by Gasteiger charge is -2.40. The van der Waals surface area contributed by atoms with Crippen LogP contribution in [0.3, 0.4) is 0 Å². The molecule has 1 amide bonds. The predicted molar refractivity (Wildman–Crippen MR) is 78.9 cm³/mol. The summed E-state index contributed by atoms with van der Waals surface area (Å²) in [4.78, 5) is 11.8. The predicted octanol–water partition coefficient (Wildman–Crippen LogP) is 2.71. The van der Waals surface area contributed by atoms with Gasteiger partial charge in [0.1, 0.15) is 0 Å². The number of fused-ring (bicyclic) bond motifs is 1. The Kier molecular flexibility index (Phi) is 4.88. The van der Waals surface area contributed by atoms with Crippen LogP contribution < -0.4 is 10.6 Å². The third-order valence-electron chi connectivity index (χ3n) is 5.21. The first kappa shape index (κ1) is 14.8. The fourth-order valence-corrected chi connectivity index (χ4v) is 3.88. The zero-order chi connectivity index (χ0) is 13.9. The molecule has 0 radical (unpaired) electrons. The molecule has 0 heterocycles. The summed E-state index contributed by atoms with van der Waals surface area (Å²) in [5.41, 5.74) is -0.307. The van der Waals surface area contributed by atoms with E-state index in [4.69, 9.17) is 0 Å². The summed E-state index contributed by atoms with van der Waals surface area (Å²) in [6.45, 7) is 4.82. The van der Waals surface area contributed by atoms with Gasteiger partial charge in [0.15, 0.2) is 0 Å². The minimum atomic E-state index is -0.307. The third kappa shape index (κ3) is 3.71. The summed E-state index contributed by atoms with van der Waals surface area (Å²) in [7, 11) is 1.72. The van der Waals surface area contributed by atoms with Crippen molar-refractivity contribution in [3.8, 4) is 0 Å². The standard InChI is InChI=1S/C16H30N2O/c1-16(2,15(19)17-3)11-18-14-9-8-12-6-4-5-7-13(12)10-14/h12-14,18H,4-11H2,1-3H3,(H,17,19). The molecule has 2 aliphatic rings. The Bertz CT molecular complexity index is 314. The number of nitrogens with one attached hydrogen (secondary N) is 2. The van der Waals surface area contributed by atoms with Crippen LogP contribution in [0.4, 0.5) is 0 Å². The van der Waals surface area contributed by atoms with Crippen molar-refractivity contribution in [2.24, 2.45) is 17.3 Å². The van der Waals surface area contributed by atoms with Crippen molar-refractivity contribution in [1.29, 1.82) is 0 Å². The molecule has 0 aromatic carbocycles. The van der Waals surface area contributed by atoms with Crippen LogP contribution in [0, 0.1) is 17.3 Å². The zero-order valence-electron chi connectivity index (χ0n) is 12.8. The number of hydrogen-bond donors (Lipinski definition) is 2. The summed E-state index contributed by atoms with van der Waals surface area (Å²) in [5.74, 6) is 2.08. The fourth-order valence-electron chi connectivity index (χ4n) is 3.88. The van der Waals surface area contributed by atoms with Gasteiger partial charge >= 0.3 is 0 Å². The van der Waals surface area contributed by atoms with Crippen LogP contribution in [0.15, 0.2) is 0 Å². The molecule has 3 atom stereocenters. The van der Waals surface area contributed by atoms with Crippen LogP contribution in [-0.4, -0.2) is 25.5 Å². The van der Waals surface area contributed by atoms with E-state index in [9.17, 15) is 4.79 Å². The molecular formula is C16H30N2O. The molecule has 110 valence electrons. The molecule has 0 aliphatic heterocycles. The smallest absolute Gasteiger partial charge is 0.226 e. The van der Waals surface area contributed by atoms with E-state index in [1.165, 1.54) is 44.9 Å². The maximum absolute atomic E-state index is 11.8. The van der Waals surface area contributed by atoms with Gasteiger partial charge in [0.05, 0.1) is 5.41 Å². The van der Waals surface area contributed by atoms with Gasteiger partial charge in [0.25, 0.3) is 0 Å². The Labute approximate surface area is 117 Å². The van der Waals surface area contributed by atoms with E-state index in [0.717, 1.165) is 18.4 Å². The second-order valence-corrected chi connectivity index (χ2v) is 7.16. The van der Waals surface area contributed by atoms with Crippen LogP contribution in [0.5, 0.6) is 0 Å². The van der Waals surface area contributed by atoms with Gasteiger partial charge in [-0.1, -0.05) is 25.7 Å². The molecule has 19 heavy (non-hydrogen) atoms. The van der Waals surface area contributed by atoms with Gasteiger partial charge < -0.3 is 10.6 Å². The summed E-state index contributed by atoms with van der Waals surface area (Å²) in [5, 5.41) is 6.41.